The number of hydrogen-bond acceptors (Lipinski definition) is 5. The summed E-state index contributed by atoms with van der Waals surface area (Å²) in [6, 6.07) is 17.3. The highest BCUT2D eigenvalue weighted by Crippen LogP contribution is 2.28. The maximum absolute atomic E-state index is 12.7. The minimum absolute atomic E-state index is 0.107. The number of likely N-dealkylation sites (tertiary alicyclic amines) is 1. The second-order valence-electron chi connectivity index (χ2n) is 7.67. The summed E-state index contributed by atoms with van der Waals surface area (Å²) in [7, 11) is 3.09. The summed E-state index contributed by atoms with van der Waals surface area (Å²) in [6.07, 6.45) is 1.90. The highest BCUT2D eigenvalue weighted by atomic mass is 16.5. The van der Waals surface area contributed by atoms with Gasteiger partial charge in [0.2, 0.25) is 0 Å². The van der Waals surface area contributed by atoms with Crippen LogP contribution in [0.3, 0.4) is 0 Å². The Morgan fingerprint density at radius 3 is 2.37 bits per heavy atom. The predicted octanol–water partition coefficient (Wildman–Crippen LogP) is 2.74. The Balaban J connectivity index is 1.44. The van der Waals surface area contributed by atoms with E-state index in [2.05, 4.69) is 10.00 Å². The molecule has 7 nitrogen and oxygen atoms in total. The second kappa shape index (κ2) is 8.67. The fraction of sp³-hybridized carbons (Fsp3) is 0.348. The number of methoxy groups -OCH3 is 1. The lowest BCUT2D eigenvalue weighted by Crippen LogP contribution is -2.33. The minimum atomic E-state index is -0.317. The topological polar surface area (TPSA) is 69.4 Å². The van der Waals surface area contributed by atoms with Crippen molar-refractivity contribution in [2.75, 3.05) is 20.2 Å². The average molecular weight is 406 g/mol. The molecule has 3 aromatic rings. The van der Waals surface area contributed by atoms with Gasteiger partial charge < -0.3 is 4.74 Å². The van der Waals surface area contributed by atoms with Crippen molar-refractivity contribution in [1.82, 2.24) is 19.2 Å². The summed E-state index contributed by atoms with van der Waals surface area (Å²) >= 11 is 0. The lowest BCUT2D eigenvalue weighted by molar-refractivity contribution is 0.0600. The predicted molar refractivity (Wildman–Crippen MR) is 114 cm³/mol. The Bertz CT molecular complexity index is 1060. The first kappa shape index (κ1) is 20.1. The lowest BCUT2D eigenvalue weighted by Gasteiger charge is -2.31. The summed E-state index contributed by atoms with van der Waals surface area (Å²) in [5.41, 5.74) is 2.48. The highest BCUT2D eigenvalue weighted by Gasteiger charge is 2.27. The third-order valence-corrected chi connectivity index (χ3v) is 5.70. The summed E-state index contributed by atoms with van der Waals surface area (Å²) in [4.78, 5) is 26.6. The molecule has 2 aromatic carbocycles. The number of esters is 1. The van der Waals surface area contributed by atoms with Gasteiger partial charge in [-0.2, -0.15) is 5.10 Å². The second-order valence-corrected chi connectivity index (χ2v) is 7.67. The molecular formula is C23H26N4O3. The molecule has 0 amide bonds. The Labute approximate surface area is 175 Å². The molecular weight excluding hydrogens is 380 g/mol. The van der Waals surface area contributed by atoms with E-state index in [1.165, 1.54) is 17.4 Å². The van der Waals surface area contributed by atoms with Gasteiger partial charge in [0.1, 0.15) is 5.82 Å². The number of aromatic nitrogens is 3. The van der Waals surface area contributed by atoms with Crippen LogP contribution in [-0.4, -0.2) is 45.4 Å². The zero-order valence-electron chi connectivity index (χ0n) is 17.3. The molecule has 1 fully saturated rings. The van der Waals surface area contributed by atoms with Crippen LogP contribution in [0.4, 0.5) is 0 Å². The first-order valence-electron chi connectivity index (χ1n) is 10.2. The van der Waals surface area contributed by atoms with Crippen LogP contribution < -0.4 is 5.69 Å². The van der Waals surface area contributed by atoms with Crippen LogP contribution >= 0.6 is 0 Å². The van der Waals surface area contributed by atoms with Gasteiger partial charge in [0.05, 0.1) is 18.4 Å². The van der Waals surface area contributed by atoms with Gasteiger partial charge in [-0.3, -0.25) is 4.90 Å². The quantitative estimate of drug-likeness (QED) is 0.610. The number of carbonyl (C=O) groups is 1. The number of hydrogen-bond donors (Lipinski definition) is 0. The van der Waals surface area contributed by atoms with Gasteiger partial charge in [-0.05, 0) is 55.8 Å². The molecule has 156 valence electrons. The van der Waals surface area contributed by atoms with E-state index in [9.17, 15) is 9.59 Å². The first-order valence-corrected chi connectivity index (χ1v) is 10.2. The van der Waals surface area contributed by atoms with Gasteiger partial charge in [0.15, 0.2) is 0 Å². The van der Waals surface area contributed by atoms with E-state index in [0.29, 0.717) is 5.56 Å². The van der Waals surface area contributed by atoms with E-state index < -0.39 is 0 Å². The molecule has 2 heterocycles. The number of ether oxygens (including phenoxy) is 1. The zero-order chi connectivity index (χ0) is 21.1. The molecule has 7 heteroatoms. The monoisotopic (exact) mass is 406 g/mol. The van der Waals surface area contributed by atoms with E-state index in [-0.39, 0.29) is 17.6 Å². The lowest BCUT2D eigenvalue weighted by atomic mass is 9.95. The van der Waals surface area contributed by atoms with Crippen molar-refractivity contribution in [3.8, 4) is 5.69 Å². The van der Waals surface area contributed by atoms with Gasteiger partial charge in [-0.25, -0.2) is 18.8 Å². The summed E-state index contributed by atoms with van der Waals surface area (Å²) in [5.74, 6) is 0.773. The maximum atomic E-state index is 12.7. The number of piperidine rings is 1. The van der Waals surface area contributed by atoms with E-state index in [1.54, 1.807) is 23.7 Å². The van der Waals surface area contributed by atoms with Crippen molar-refractivity contribution in [3.63, 3.8) is 0 Å². The Morgan fingerprint density at radius 1 is 1.07 bits per heavy atom. The van der Waals surface area contributed by atoms with Crippen LogP contribution in [0.15, 0.2) is 59.4 Å². The van der Waals surface area contributed by atoms with E-state index in [0.717, 1.165) is 44.0 Å². The van der Waals surface area contributed by atoms with Gasteiger partial charge >= 0.3 is 11.7 Å². The molecule has 4 rings (SSSR count). The minimum Gasteiger partial charge on any atom is -0.465 e. The number of rotatable bonds is 5. The first-order chi connectivity index (χ1) is 14.6. The number of para-hydroxylation sites is 1. The molecule has 0 unspecified atom stereocenters. The molecule has 1 aliphatic rings. The SMILES string of the molecule is COC(=O)c1ccc(CN2CCC(c3nn(C)c(=O)n3-c3ccccc3)CC2)cc1. The third kappa shape index (κ3) is 4.07. The largest absolute Gasteiger partial charge is 0.465 e. The number of carbonyl (C=O) groups excluding carboxylic acids is 1. The zero-order valence-corrected chi connectivity index (χ0v) is 17.3. The molecule has 1 aliphatic heterocycles. The molecule has 0 aliphatic carbocycles. The van der Waals surface area contributed by atoms with Crippen molar-refractivity contribution < 1.29 is 9.53 Å². The summed E-state index contributed by atoms with van der Waals surface area (Å²) in [5, 5.41) is 4.56. The average Bonchev–Trinajstić information content (AvgIpc) is 3.09. The highest BCUT2D eigenvalue weighted by molar-refractivity contribution is 5.89. The van der Waals surface area contributed by atoms with Gasteiger partial charge in [-0.15, -0.1) is 0 Å². The molecule has 0 spiro atoms. The van der Waals surface area contributed by atoms with Crippen LogP contribution in [0.2, 0.25) is 0 Å². The van der Waals surface area contributed by atoms with Crippen LogP contribution in [0.5, 0.6) is 0 Å². The standard InChI is InChI=1S/C23H26N4O3/c1-25-23(29)27(20-6-4-3-5-7-20)21(24-25)18-12-14-26(15-13-18)16-17-8-10-19(11-9-17)22(28)30-2/h3-11,18H,12-16H2,1-2H3. The van der Waals surface area contributed by atoms with Crippen LogP contribution in [-0.2, 0) is 18.3 Å². The smallest absolute Gasteiger partial charge is 0.350 e. The van der Waals surface area contributed by atoms with Crippen LogP contribution in [0.25, 0.3) is 5.69 Å². The van der Waals surface area contributed by atoms with Crippen LogP contribution in [0, 0.1) is 0 Å². The molecule has 0 radical (unpaired) electrons. The third-order valence-electron chi connectivity index (χ3n) is 5.70. The number of benzene rings is 2. The maximum Gasteiger partial charge on any atom is 0.350 e. The molecule has 30 heavy (non-hydrogen) atoms. The van der Waals surface area contributed by atoms with Gasteiger partial charge in [-0.1, -0.05) is 30.3 Å². The number of nitrogens with zero attached hydrogens (tertiary/aromatic N) is 4. The molecule has 0 atom stereocenters. The van der Waals surface area contributed by atoms with E-state index in [1.807, 2.05) is 42.5 Å². The Kier molecular flexibility index (Phi) is 5.81. The van der Waals surface area contributed by atoms with Crippen LogP contribution in [0.1, 0.15) is 40.5 Å². The van der Waals surface area contributed by atoms with E-state index in [4.69, 9.17) is 4.74 Å². The summed E-state index contributed by atoms with van der Waals surface area (Å²) < 4.78 is 7.92. The fourth-order valence-corrected chi connectivity index (χ4v) is 4.04. The Morgan fingerprint density at radius 2 is 1.73 bits per heavy atom. The molecule has 1 saturated heterocycles. The summed E-state index contributed by atoms with van der Waals surface area (Å²) in [6.45, 7) is 2.70. The molecule has 1 aromatic heterocycles. The normalized spacial score (nSPS) is 15.3. The molecule has 0 N–H and O–H groups in total. The number of aryl methyl sites for hydroxylation is 1. The van der Waals surface area contributed by atoms with E-state index >= 15 is 0 Å². The van der Waals surface area contributed by atoms with Crippen molar-refractivity contribution in [1.29, 1.82) is 0 Å². The Hall–Kier alpha value is -3.19. The van der Waals surface area contributed by atoms with Crippen molar-refractivity contribution in [2.24, 2.45) is 7.05 Å². The van der Waals surface area contributed by atoms with Crippen molar-refractivity contribution in [2.45, 2.75) is 25.3 Å². The molecule has 0 bridgehead atoms. The fourth-order valence-electron chi connectivity index (χ4n) is 4.04. The van der Waals surface area contributed by atoms with Gasteiger partial charge in [0.25, 0.3) is 0 Å². The molecule has 0 saturated carbocycles. The van der Waals surface area contributed by atoms with Gasteiger partial charge in [0, 0.05) is 19.5 Å². The van der Waals surface area contributed by atoms with Crippen molar-refractivity contribution in [3.05, 3.63) is 82.0 Å². The van der Waals surface area contributed by atoms with Crippen molar-refractivity contribution >= 4 is 5.97 Å².